The number of carbonyl (C=O) groups excluding carboxylic acids is 2. The smallest absolute Gasteiger partial charge is 0.295 e. The van der Waals surface area contributed by atoms with Gasteiger partial charge in [0.15, 0.2) is 0 Å². The molecule has 1 unspecified atom stereocenters. The molecule has 2 aromatic rings. The van der Waals surface area contributed by atoms with Gasteiger partial charge in [-0.2, -0.15) is 0 Å². The van der Waals surface area contributed by atoms with Gasteiger partial charge in [-0.15, -0.1) is 0 Å². The highest BCUT2D eigenvalue weighted by Crippen LogP contribution is 2.39. The molecule has 1 saturated heterocycles. The van der Waals surface area contributed by atoms with Crippen LogP contribution in [0.5, 0.6) is 0 Å². The van der Waals surface area contributed by atoms with E-state index in [1.54, 1.807) is 42.5 Å². The second kappa shape index (κ2) is 7.52. The number of aliphatic hydroxyl groups is 1. The molecule has 0 radical (unpaired) electrons. The van der Waals surface area contributed by atoms with Crippen LogP contribution < -0.4 is 0 Å². The number of nitrogens with zero attached hydrogens (tertiary/aromatic N) is 1. The van der Waals surface area contributed by atoms with Crippen molar-refractivity contribution in [2.75, 3.05) is 6.54 Å². The maximum absolute atomic E-state index is 13.3. The Labute approximate surface area is 151 Å². The zero-order valence-corrected chi connectivity index (χ0v) is 14.5. The van der Waals surface area contributed by atoms with Crippen molar-refractivity contribution in [3.05, 3.63) is 77.1 Å². The summed E-state index contributed by atoms with van der Waals surface area (Å²) in [6.07, 6.45) is 1.59. The zero-order chi connectivity index (χ0) is 18.7. The van der Waals surface area contributed by atoms with Crippen LogP contribution in [0.25, 0.3) is 5.76 Å². The van der Waals surface area contributed by atoms with Crippen molar-refractivity contribution in [1.29, 1.82) is 0 Å². The van der Waals surface area contributed by atoms with Gasteiger partial charge in [-0.05, 0) is 24.1 Å². The minimum Gasteiger partial charge on any atom is -0.507 e. The first-order valence-electron chi connectivity index (χ1n) is 8.64. The number of ketones is 1. The molecule has 0 aromatic heterocycles. The van der Waals surface area contributed by atoms with E-state index in [1.165, 1.54) is 17.0 Å². The molecule has 1 heterocycles. The van der Waals surface area contributed by atoms with Gasteiger partial charge in [-0.3, -0.25) is 9.59 Å². The van der Waals surface area contributed by atoms with Crippen LogP contribution in [-0.4, -0.2) is 28.2 Å². The van der Waals surface area contributed by atoms with E-state index in [0.717, 1.165) is 12.8 Å². The maximum Gasteiger partial charge on any atom is 0.295 e. The van der Waals surface area contributed by atoms with Crippen LogP contribution in [0.15, 0.2) is 60.2 Å². The van der Waals surface area contributed by atoms with Crippen molar-refractivity contribution in [3.63, 3.8) is 0 Å². The Bertz CT molecular complexity index is 843. The summed E-state index contributed by atoms with van der Waals surface area (Å²) in [6.45, 7) is 2.39. The standard InChI is InChI=1S/C21H20FNO3/c1-2-3-13-23-18(14-9-11-16(22)12-10-14)17(20(25)21(23)26)19(24)15-7-5-4-6-8-15/h4-12,18,24H,2-3,13H2,1H3. The zero-order valence-electron chi connectivity index (χ0n) is 14.5. The Morgan fingerprint density at radius 3 is 2.35 bits per heavy atom. The quantitative estimate of drug-likeness (QED) is 0.501. The minimum atomic E-state index is -0.720. The number of benzene rings is 2. The average Bonchev–Trinajstić information content (AvgIpc) is 2.91. The van der Waals surface area contributed by atoms with Gasteiger partial charge in [-0.25, -0.2) is 4.39 Å². The van der Waals surface area contributed by atoms with E-state index in [-0.39, 0.29) is 11.3 Å². The molecule has 0 spiro atoms. The predicted molar refractivity (Wildman–Crippen MR) is 96.8 cm³/mol. The van der Waals surface area contributed by atoms with Crippen molar-refractivity contribution in [2.24, 2.45) is 0 Å². The molecular weight excluding hydrogens is 333 g/mol. The molecule has 2 aromatic carbocycles. The maximum atomic E-state index is 13.3. The highest BCUT2D eigenvalue weighted by molar-refractivity contribution is 6.46. The first-order valence-corrected chi connectivity index (χ1v) is 8.64. The van der Waals surface area contributed by atoms with Crippen molar-refractivity contribution >= 4 is 17.4 Å². The van der Waals surface area contributed by atoms with Crippen LogP contribution in [0.4, 0.5) is 4.39 Å². The molecule has 1 atom stereocenters. The van der Waals surface area contributed by atoms with Gasteiger partial charge < -0.3 is 10.0 Å². The summed E-state index contributed by atoms with van der Waals surface area (Å²) >= 11 is 0. The van der Waals surface area contributed by atoms with Gasteiger partial charge >= 0.3 is 0 Å². The van der Waals surface area contributed by atoms with Crippen molar-refractivity contribution in [2.45, 2.75) is 25.8 Å². The topological polar surface area (TPSA) is 57.6 Å². The Balaban J connectivity index is 2.15. The lowest BCUT2D eigenvalue weighted by Crippen LogP contribution is -2.30. The summed E-state index contributed by atoms with van der Waals surface area (Å²) < 4.78 is 13.3. The first-order chi connectivity index (χ1) is 12.5. The van der Waals surface area contributed by atoms with Gasteiger partial charge in [-0.1, -0.05) is 55.8 Å². The summed E-state index contributed by atoms with van der Waals surface area (Å²) in [6, 6.07) is 13.6. The molecular formula is C21H20FNO3. The van der Waals surface area contributed by atoms with Crippen LogP contribution >= 0.6 is 0 Å². The van der Waals surface area contributed by atoms with E-state index < -0.39 is 23.5 Å². The molecule has 0 aliphatic carbocycles. The fraction of sp³-hybridized carbons (Fsp3) is 0.238. The number of carbonyl (C=O) groups is 2. The normalized spacial score (nSPS) is 19.2. The molecule has 5 heteroatoms. The van der Waals surface area contributed by atoms with Crippen molar-refractivity contribution < 1.29 is 19.1 Å². The second-order valence-corrected chi connectivity index (χ2v) is 6.26. The number of Topliss-reactive ketones (excluding diaryl/α,β-unsaturated/α-hetero) is 1. The highest BCUT2D eigenvalue weighted by Gasteiger charge is 2.45. The van der Waals surface area contributed by atoms with Gasteiger partial charge in [0, 0.05) is 12.1 Å². The van der Waals surface area contributed by atoms with Gasteiger partial charge in [0.05, 0.1) is 11.6 Å². The molecule has 0 saturated carbocycles. The molecule has 26 heavy (non-hydrogen) atoms. The summed E-state index contributed by atoms with van der Waals surface area (Å²) in [5.41, 5.74) is 1.11. The van der Waals surface area contributed by atoms with Crippen LogP contribution in [0.3, 0.4) is 0 Å². The Kier molecular flexibility index (Phi) is 5.16. The minimum absolute atomic E-state index is 0.0453. The Morgan fingerprint density at radius 2 is 1.73 bits per heavy atom. The van der Waals surface area contributed by atoms with Gasteiger partial charge in [0.2, 0.25) is 0 Å². The van der Waals surface area contributed by atoms with E-state index in [4.69, 9.17) is 0 Å². The molecule has 4 nitrogen and oxygen atoms in total. The highest BCUT2D eigenvalue weighted by atomic mass is 19.1. The lowest BCUT2D eigenvalue weighted by Gasteiger charge is -2.25. The average molecular weight is 353 g/mol. The van der Waals surface area contributed by atoms with Crippen molar-refractivity contribution in [1.82, 2.24) is 4.90 Å². The number of hydrogen-bond donors (Lipinski definition) is 1. The molecule has 134 valence electrons. The molecule has 3 rings (SSSR count). The molecule has 0 bridgehead atoms. The lowest BCUT2D eigenvalue weighted by atomic mass is 9.95. The monoisotopic (exact) mass is 353 g/mol. The van der Waals surface area contributed by atoms with Gasteiger partial charge in [0.1, 0.15) is 11.6 Å². The molecule has 1 N–H and O–H groups in total. The van der Waals surface area contributed by atoms with E-state index in [9.17, 15) is 19.1 Å². The van der Waals surface area contributed by atoms with Crippen molar-refractivity contribution in [3.8, 4) is 0 Å². The Morgan fingerprint density at radius 1 is 1.08 bits per heavy atom. The van der Waals surface area contributed by atoms with E-state index >= 15 is 0 Å². The number of halogens is 1. The van der Waals surface area contributed by atoms with Crippen LogP contribution in [0, 0.1) is 5.82 Å². The second-order valence-electron chi connectivity index (χ2n) is 6.26. The fourth-order valence-electron chi connectivity index (χ4n) is 3.18. The van der Waals surface area contributed by atoms with Crippen LogP contribution in [0.1, 0.15) is 36.9 Å². The summed E-state index contributed by atoms with van der Waals surface area (Å²) in [5, 5.41) is 10.7. The molecule has 1 aliphatic rings. The largest absolute Gasteiger partial charge is 0.507 e. The fourth-order valence-corrected chi connectivity index (χ4v) is 3.18. The molecule has 1 fully saturated rings. The third kappa shape index (κ3) is 3.25. The SMILES string of the molecule is CCCCN1C(=O)C(=O)C(=C(O)c2ccccc2)C1c1ccc(F)cc1. The van der Waals surface area contributed by atoms with E-state index in [2.05, 4.69) is 0 Å². The number of hydrogen-bond acceptors (Lipinski definition) is 3. The van der Waals surface area contributed by atoms with Crippen LogP contribution in [0.2, 0.25) is 0 Å². The number of rotatable bonds is 5. The lowest BCUT2D eigenvalue weighted by molar-refractivity contribution is -0.139. The Hall–Kier alpha value is -2.95. The first kappa shape index (κ1) is 17.9. The van der Waals surface area contributed by atoms with E-state index in [0.29, 0.717) is 17.7 Å². The summed E-state index contributed by atoms with van der Waals surface area (Å²) in [4.78, 5) is 26.7. The third-order valence-corrected chi connectivity index (χ3v) is 4.53. The number of likely N-dealkylation sites (tertiary alicyclic amines) is 1. The number of aliphatic hydroxyl groups excluding tert-OH is 1. The van der Waals surface area contributed by atoms with E-state index in [1.807, 2.05) is 6.92 Å². The predicted octanol–water partition coefficient (Wildman–Crippen LogP) is 4.05. The third-order valence-electron chi connectivity index (χ3n) is 4.53. The molecule has 1 amide bonds. The molecule has 1 aliphatic heterocycles. The summed E-state index contributed by atoms with van der Waals surface area (Å²) in [7, 11) is 0. The van der Waals surface area contributed by atoms with Gasteiger partial charge in [0.25, 0.3) is 11.7 Å². The van der Waals surface area contributed by atoms with Crippen LogP contribution in [-0.2, 0) is 9.59 Å². The summed E-state index contributed by atoms with van der Waals surface area (Å²) in [5.74, 6) is -1.96. The number of unbranched alkanes of at least 4 members (excludes halogenated alkanes) is 1. The number of amides is 1.